The Balaban J connectivity index is 2.45. The first-order chi connectivity index (χ1) is 11.5. The Morgan fingerprint density at radius 2 is 0.833 bits per heavy atom. The van der Waals surface area contributed by atoms with E-state index in [4.69, 9.17) is 0 Å². The normalized spacial score (nSPS) is 12.0. The first-order valence-electron chi connectivity index (χ1n) is 8.45. The van der Waals surface area contributed by atoms with Gasteiger partial charge in [-0.25, -0.2) is 0 Å². The van der Waals surface area contributed by atoms with Gasteiger partial charge in [-0.05, 0) is 22.8 Å². The molecule has 0 fully saturated rings. The molecular weight excluding hydrogens is 323 g/mol. The zero-order valence-electron chi connectivity index (χ0n) is 14.7. The van der Waals surface area contributed by atoms with Crippen LogP contribution in [0.4, 0.5) is 0 Å². The van der Waals surface area contributed by atoms with Gasteiger partial charge in [0.1, 0.15) is 0 Å². The summed E-state index contributed by atoms with van der Waals surface area (Å²) >= 11 is 0. The van der Waals surface area contributed by atoms with Crippen LogP contribution in [-0.4, -0.2) is 13.5 Å². The molecule has 0 amide bonds. The second-order valence-corrected chi connectivity index (χ2v) is 16.0. The van der Waals surface area contributed by atoms with E-state index >= 15 is 0 Å². The first-order valence-corrected chi connectivity index (χ1v) is 13.9. The average molecular weight is 349 g/mol. The number of hydrogen-bond donors (Lipinski definition) is 0. The Morgan fingerprint density at radius 1 is 0.542 bits per heavy atom. The van der Waals surface area contributed by atoms with Crippen molar-refractivity contribution in [1.29, 1.82) is 0 Å². The minimum atomic E-state index is -1.74. The fourth-order valence-electron chi connectivity index (χ4n) is 3.24. The highest BCUT2D eigenvalue weighted by molar-refractivity contribution is 7.96. The maximum atomic E-state index is 2.74. The Hall–Kier alpha value is -1.82. The van der Waals surface area contributed by atoms with Gasteiger partial charge < -0.3 is 0 Å². The molecule has 0 bridgehead atoms. The van der Waals surface area contributed by atoms with Gasteiger partial charge in [0.15, 0.2) is 0 Å². The smallest absolute Gasteiger partial charge is 0.0700 e. The summed E-state index contributed by atoms with van der Waals surface area (Å²) in [6.07, 6.45) is 0. The van der Waals surface area contributed by atoms with Gasteiger partial charge in [-0.1, -0.05) is 116 Å². The molecule has 2 heteroatoms. The third-order valence-corrected chi connectivity index (χ3v) is 12.1. The van der Waals surface area contributed by atoms with E-state index in [0.717, 1.165) is 0 Å². The number of rotatable bonds is 4. The Morgan fingerprint density at radius 3 is 1.08 bits per heavy atom. The first kappa shape index (κ1) is 17.0. The molecule has 0 saturated carbocycles. The molecule has 0 heterocycles. The Labute approximate surface area is 147 Å². The lowest BCUT2D eigenvalue weighted by molar-refractivity contribution is 1.73. The van der Waals surface area contributed by atoms with Crippen LogP contribution in [0.5, 0.6) is 0 Å². The van der Waals surface area contributed by atoms with E-state index in [9.17, 15) is 0 Å². The van der Waals surface area contributed by atoms with Gasteiger partial charge in [-0.3, -0.25) is 0 Å². The van der Waals surface area contributed by atoms with Crippen LogP contribution in [-0.2, 0) is 0 Å². The van der Waals surface area contributed by atoms with Crippen molar-refractivity contribution >= 4 is 36.3 Å². The van der Waals surface area contributed by atoms with Gasteiger partial charge in [0, 0.05) is 0 Å². The molecule has 0 nitrogen and oxygen atoms in total. The van der Waals surface area contributed by atoms with Crippen molar-refractivity contribution in [3.8, 4) is 0 Å². The highest BCUT2D eigenvalue weighted by atomic mass is 31.2. The molecule has 0 aromatic heterocycles. The summed E-state index contributed by atoms with van der Waals surface area (Å²) in [6, 6.07) is 33.2. The predicted molar refractivity (Wildman–Crippen MR) is 115 cm³/mol. The van der Waals surface area contributed by atoms with E-state index in [2.05, 4.69) is 116 Å². The van der Waals surface area contributed by atoms with Crippen LogP contribution in [0.2, 0.25) is 19.6 Å². The molecule has 122 valence electrons. The quantitative estimate of drug-likeness (QED) is 0.475. The summed E-state index contributed by atoms with van der Waals surface area (Å²) in [6.45, 7) is 5.59. The van der Waals surface area contributed by atoms with E-state index in [1.165, 1.54) is 15.9 Å². The predicted octanol–water partition coefficient (Wildman–Crippen LogP) is 4.66. The SMILES string of the molecule is C[Si](C)(C)C=P(c1ccccc1)(c1ccccc1)c1ccccc1. The summed E-state index contributed by atoms with van der Waals surface area (Å²) in [5.41, 5.74) is 2.74. The summed E-state index contributed by atoms with van der Waals surface area (Å²) in [5, 5.41) is 4.35. The topological polar surface area (TPSA) is 0 Å². The van der Waals surface area contributed by atoms with E-state index in [-0.39, 0.29) is 0 Å². The molecule has 0 aliphatic rings. The molecule has 0 radical (unpaired) electrons. The highest BCUT2D eigenvalue weighted by Gasteiger charge is 2.27. The van der Waals surface area contributed by atoms with Gasteiger partial charge >= 0.3 is 0 Å². The van der Waals surface area contributed by atoms with E-state index in [1.807, 2.05) is 0 Å². The average Bonchev–Trinajstić information content (AvgIpc) is 2.61. The molecule has 0 aliphatic heterocycles. The van der Waals surface area contributed by atoms with E-state index in [1.54, 1.807) is 0 Å². The van der Waals surface area contributed by atoms with Crippen molar-refractivity contribution in [2.75, 3.05) is 0 Å². The molecule has 0 aliphatic carbocycles. The molecule has 0 atom stereocenters. The molecule has 24 heavy (non-hydrogen) atoms. The van der Waals surface area contributed by atoms with Crippen LogP contribution in [0, 0.1) is 0 Å². The monoisotopic (exact) mass is 348 g/mol. The molecule has 0 unspecified atom stereocenters. The largest absolute Gasteiger partial charge is 0.0849 e. The lowest BCUT2D eigenvalue weighted by atomic mass is 10.4. The molecule has 0 spiro atoms. The maximum absolute atomic E-state index is 2.74. The van der Waals surface area contributed by atoms with Crippen molar-refractivity contribution in [1.82, 2.24) is 0 Å². The van der Waals surface area contributed by atoms with Crippen LogP contribution < -0.4 is 15.9 Å². The molecule has 3 aromatic rings. The van der Waals surface area contributed by atoms with Gasteiger partial charge in [-0.2, -0.15) is 0 Å². The number of benzene rings is 3. The van der Waals surface area contributed by atoms with Gasteiger partial charge in [0.2, 0.25) is 0 Å². The second kappa shape index (κ2) is 6.97. The van der Waals surface area contributed by atoms with Crippen LogP contribution in [0.15, 0.2) is 91.0 Å². The molecule has 3 rings (SSSR count). The maximum Gasteiger partial charge on any atom is 0.0700 e. The van der Waals surface area contributed by atoms with Crippen LogP contribution >= 0.6 is 6.89 Å². The lowest BCUT2D eigenvalue weighted by Gasteiger charge is -2.31. The van der Waals surface area contributed by atoms with Gasteiger partial charge in [0.05, 0.1) is 8.07 Å². The molecular formula is C22H25PSi. The highest BCUT2D eigenvalue weighted by Crippen LogP contribution is 2.44. The summed E-state index contributed by atoms with van der Waals surface area (Å²) in [5.74, 6) is 0. The Bertz CT molecular complexity index is 728. The van der Waals surface area contributed by atoms with E-state index < -0.39 is 15.0 Å². The van der Waals surface area contributed by atoms with Crippen LogP contribution in [0.3, 0.4) is 0 Å². The van der Waals surface area contributed by atoms with Crippen molar-refractivity contribution in [2.24, 2.45) is 0 Å². The zero-order valence-corrected chi connectivity index (χ0v) is 16.6. The summed E-state index contributed by atoms with van der Waals surface area (Å²) in [4.78, 5) is 0. The molecule has 0 saturated heterocycles. The minimum Gasteiger partial charge on any atom is -0.0849 e. The second-order valence-electron chi connectivity index (χ2n) is 7.22. The lowest BCUT2D eigenvalue weighted by Crippen LogP contribution is -2.34. The van der Waals surface area contributed by atoms with Crippen molar-refractivity contribution in [3.63, 3.8) is 0 Å². The van der Waals surface area contributed by atoms with Crippen molar-refractivity contribution < 1.29 is 0 Å². The van der Waals surface area contributed by atoms with Crippen molar-refractivity contribution in [3.05, 3.63) is 91.0 Å². The summed E-state index contributed by atoms with van der Waals surface area (Å²) < 4.78 is 0. The molecule has 0 N–H and O–H groups in total. The van der Waals surface area contributed by atoms with Crippen LogP contribution in [0.25, 0.3) is 0 Å². The van der Waals surface area contributed by atoms with Crippen molar-refractivity contribution in [2.45, 2.75) is 19.6 Å². The minimum absolute atomic E-state index is 1.42. The van der Waals surface area contributed by atoms with Gasteiger partial charge in [0.25, 0.3) is 0 Å². The Kier molecular flexibility index (Phi) is 4.94. The number of hydrogen-bond acceptors (Lipinski definition) is 0. The third-order valence-electron chi connectivity index (χ3n) is 4.07. The summed E-state index contributed by atoms with van der Waals surface area (Å²) in [7, 11) is -1.42. The van der Waals surface area contributed by atoms with Crippen LogP contribution in [0.1, 0.15) is 0 Å². The fourth-order valence-corrected chi connectivity index (χ4v) is 12.5. The zero-order chi connectivity index (χ0) is 17.0. The van der Waals surface area contributed by atoms with E-state index in [0.29, 0.717) is 0 Å². The third kappa shape index (κ3) is 3.48. The fraction of sp³-hybridized carbons (Fsp3) is 0.136. The van der Waals surface area contributed by atoms with Gasteiger partial charge in [-0.15, -0.1) is 0 Å². The standard InChI is InChI=1S/C22H25PSi/c1-24(2,3)19-23(20-13-7-4-8-14-20,21-15-9-5-10-16-21)22-17-11-6-12-18-22/h4-19H,1-3H3. The molecule has 3 aromatic carbocycles.